The Bertz CT molecular complexity index is 3650. The Hall–Kier alpha value is -7.44. The molecule has 1 N–H and O–H groups in total. The number of thiophene rings is 1. The summed E-state index contributed by atoms with van der Waals surface area (Å²) in [7, 11) is 0. The quantitative estimate of drug-likeness (QED) is 0.182. The van der Waals surface area contributed by atoms with Crippen LogP contribution >= 0.6 is 22.9 Å². The van der Waals surface area contributed by atoms with Gasteiger partial charge in [0.15, 0.2) is 11.6 Å². The molecular formula is C55H33ClN4S. The van der Waals surface area contributed by atoms with Gasteiger partial charge in [0, 0.05) is 58.7 Å². The maximum absolute atomic E-state index is 6.51. The van der Waals surface area contributed by atoms with Crippen molar-refractivity contribution in [2.45, 2.75) is 0 Å². The van der Waals surface area contributed by atoms with Gasteiger partial charge in [0.05, 0.1) is 5.52 Å². The average Bonchev–Trinajstić information content (AvgIpc) is 3.91. The van der Waals surface area contributed by atoms with E-state index in [2.05, 4.69) is 179 Å². The van der Waals surface area contributed by atoms with Gasteiger partial charge in [0.25, 0.3) is 0 Å². The first kappa shape index (κ1) is 35.5. The summed E-state index contributed by atoms with van der Waals surface area (Å²) in [5.74, 6) is 1.07. The van der Waals surface area contributed by atoms with E-state index in [0.29, 0.717) is 11.6 Å². The van der Waals surface area contributed by atoms with Crippen LogP contribution in [0.2, 0.25) is 5.28 Å². The molecular weight excluding hydrogens is 784 g/mol. The molecule has 0 bridgehead atoms. The van der Waals surface area contributed by atoms with Gasteiger partial charge < -0.3 is 4.98 Å². The van der Waals surface area contributed by atoms with Crippen LogP contribution in [-0.4, -0.2) is 19.9 Å². The van der Waals surface area contributed by atoms with Crippen molar-refractivity contribution in [1.82, 2.24) is 19.9 Å². The van der Waals surface area contributed by atoms with E-state index in [0.717, 1.165) is 44.4 Å². The molecule has 0 fully saturated rings. The molecule has 0 atom stereocenters. The number of benzene rings is 9. The van der Waals surface area contributed by atoms with Crippen LogP contribution in [0.3, 0.4) is 0 Å². The normalized spacial score (nSPS) is 11.7. The number of fused-ring (bicyclic) bond motifs is 8. The molecule has 286 valence electrons. The zero-order valence-electron chi connectivity index (χ0n) is 32.6. The smallest absolute Gasteiger partial charge is 0.226 e. The standard InChI is InChI=1S/C55H33ClN4S/c56-55-59-53(37-24-20-34(21-25-37)33-10-2-1-3-11-33)58-54(60-55)38-26-22-35(23-27-38)39-13-8-14-40(30-39)46-31-41(43-17-9-18-45-44-16-6-7-19-48(44)57-51(43)45)32-47-50-42-15-5-4-12-36(42)28-29-49(50)61-52(46)47/h1-32,57H. The molecule has 0 aliphatic heterocycles. The molecule has 0 aliphatic rings. The third kappa shape index (κ3) is 6.17. The fourth-order valence-electron chi connectivity index (χ4n) is 8.86. The number of rotatable bonds is 6. The number of nitrogens with zero attached hydrogens (tertiary/aromatic N) is 3. The maximum atomic E-state index is 6.51. The lowest BCUT2D eigenvalue weighted by atomic mass is 9.92. The number of hydrogen-bond acceptors (Lipinski definition) is 4. The zero-order valence-corrected chi connectivity index (χ0v) is 34.2. The van der Waals surface area contributed by atoms with E-state index < -0.39 is 0 Å². The van der Waals surface area contributed by atoms with Crippen molar-refractivity contribution in [3.63, 3.8) is 0 Å². The number of para-hydroxylation sites is 2. The fourth-order valence-corrected chi connectivity index (χ4v) is 10.3. The van der Waals surface area contributed by atoms with E-state index in [9.17, 15) is 0 Å². The molecule has 3 aromatic heterocycles. The summed E-state index contributed by atoms with van der Waals surface area (Å²) in [6.07, 6.45) is 0. The highest BCUT2D eigenvalue weighted by Crippen LogP contribution is 2.46. The van der Waals surface area contributed by atoms with Crippen LogP contribution in [0.25, 0.3) is 120 Å². The highest BCUT2D eigenvalue weighted by Gasteiger charge is 2.18. The second kappa shape index (κ2) is 14.4. The fraction of sp³-hybridized carbons (Fsp3) is 0. The van der Waals surface area contributed by atoms with E-state index >= 15 is 0 Å². The SMILES string of the molecule is Clc1nc(-c2ccc(-c3ccccc3)cc2)nc(-c2ccc(-c3cccc(-c4cc(-c5cccc6c5[nH]c5ccccc56)cc5c4sc4ccc6ccccc6c45)c3)cc2)n1. The lowest BCUT2D eigenvalue weighted by Gasteiger charge is -2.12. The molecule has 0 amide bonds. The number of aromatic nitrogens is 4. The van der Waals surface area contributed by atoms with Crippen molar-refractivity contribution in [2.24, 2.45) is 0 Å². The highest BCUT2D eigenvalue weighted by atomic mass is 35.5. The molecule has 0 unspecified atom stereocenters. The van der Waals surface area contributed by atoms with E-state index in [1.165, 1.54) is 64.0 Å². The summed E-state index contributed by atoms with van der Waals surface area (Å²) in [5.41, 5.74) is 13.3. The van der Waals surface area contributed by atoms with Gasteiger partial charge in [-0.15, -0.1) is 11.3 Å². The molecule has 0 saturated carbocycles. The van der Waals surface area contributed by atoms with Crippen LogP contribution in [0.4, 0.5) is 0 Å². The Labute approximate surface area is 360 Å². The Kier molecular flexibility index (Phi) is 8.37. The summed E-state index contributed by atoms with van der Waals surface area (Å²) < 4.78 is 2.57. The molecule has 9 aromatic carbocycles. The largest absolute Gasteiger partial charge is 0.354 e. The van der Waals surface area contributed by atoms with Gasteiger partial charge in [-0.05, 0) is 86.1 Å². The second-order valence-corrected chi connectivity index (χ2v) is 16.8. The molecule has 0 radical (unpaired) electrons. The average molecular weight is 817 g/mol. The number of nitrogens with one attached hydrogen (secondary N) is 1. The minimum absolute atomic E-state index is 0.160. The Balaban J connectivity index is 0.949. The van der Waals surface area contributed by atoms with Gasteiger partial charge in [0.1, 0.15) is 0 Å². The molecule has 4 nitrogen and oxygen atoms in total. The molecule has 12 rings (SSSR count). The van der Waals surface area contributed by atoms with E-state index in [4.69, 9.17) is 16.6 Å². The Morgan fingerprint density at radius 1 is 0.393 bits per heavy atom. The van der Waals surface area contributed by atoms with Gasteiger partial charge in [0.2, 0.25) is 5.28 Å². The van der Waals surface area contributed by atoms with Crippen LogP contribution in [0, 0.1) is 0 Å². The lowest BCUT2D eigenvalue weighted by Crippen LogP contribution is -1.97. The van der Waals surface area contributed by atoms with Crippen molar-refractivity contribution < 1.29 is 0 Å². The van der Waals surface area contributed by atoms with Crippen LogP contribution < -0.4 is 0 Å². The van der Waals surface area contributed by atoms with Crippen LogP contribution in [-0.2, 0) is 0 Å². The van der Waals surface area contributed by atoms with E-state index in [1.807, 2.05) is 41.7 Å². The molecule has 12 aromatic rings. The van der Waals surface area contributed by atoms with E-state index in [1.54, 1.807) is 0 Å². The third-order valence-corrected chi connectivity index (χ3v) is 13.2. The van der Waals surface area contributed by atoms with Gasteiger partial charge in [-0.1, -0.05) is 164 Å². The molecule has 6 heteroatoms. The zero-order chi connectivity index (χ0) is 40.4. The first-order valence-electron chi connectivity index (χ1n) is 20.3. The van der Waals surface area contributed by atoms with Crippen molar-refractivity contribution in [1.29, 1.82) is 0 Å². The number of halogens is 1. The maximum Gasteiger partial charge on any atom is 0.226 e. The summed E-state index contributed by atoms with van der Waals surface area (Å²) in [5, 5.41) is 7.73. The van der Waals surface area contributed by atoms with Crippen LogP contribution in [0.1, 0.15) is 0 Å². The number of H-pyrrole nitrogens is 1. The van der Waals surface area contributed by atoms with Crippen molar-refractivity contribution >= 4 is 75.7 Å². The first-order chi connectivity index (χ1) is 30.1. The Morgan fingerprint density at radius 3 is 1.79 bits per heavy atom. The van der Waals surface area contributed by atoms with Gasteiger partial charge in [-0.2, -0.15) is 9.97 Å². The van der Waals surface area contributed by atoms with E-state index in [-0.39, 0.29) is 5.28 Å². The number of hydrogen-bond donors (Lipinski definition) is 1. The van der Waals surface area contributed by atoms with Gasteiger partial charge >= 0.3 is 0 Å². The molecule has 61 heavy (non-hydrogen) atoms. The summed E-state index contributed by atoms with van der Waals surface area (Å²) in [4.78, 5) is 17.6. The molecule has 0 saturated heterocycles. The Morgan fingerprint density at radius 2 is 1.00 bits per heavy atom. The predicted molar refractivity (Wildman–Crippen MR) is 257 cm³/mol. The minimum Gasteiger partial charge on any atom is -0.354 e. The van der Waals surface area contributed by atoms with Crippen LogP contribution in [0.15, 0.2) is 194 Å². The predicted octanol–water partition coefficient (Wildman–Crippen LogP) is 15.7. The lowest BCUT2D eigenvalue weighted by molar-refractivity contribution is 1.07. The van der Waals surface area contributed by atoms with Crippen molar-refractivity contribution in [2.75, 3.05) is 0 Å². The third-order valence-electron chi connectivity index (χ3n) is 11.8. The highest BCUT2D eigenvalue weighted by molar-refractivity contribution is 7.26. The summed E-state index contributed by atoms with van der Waals surface area (Å²) >= 11 is 8.38. The minimum atomic E-state index is 0.160. The topological polar surface area (TPSA) is 54.5 Å². The summed E-state index contributed by atoms with van der Waals surface area (Å²) in [6, 6.07) is 69.1. The van der Waals surface area contributed by atoms with Gasteiger partial charge in [-0.3, -0.25) is 0 Å². The first-order valence-corrected chi connectivity index (χ1v) is 21.5. The van der Waals surface area contributed by atoms with Gasteiger partial charge in [-0.25, -0.2) is 4.98 Å². The van der Waals surface area contributed by atoms with Crippen molar-refractivity contribution in [3.8, 4) is 67.3 Å². The number of aromatic amines is 1. The monoisotopic (exact) mass is 816 g/mol. The van der Waals surface area contributed by atoms with Crippen LogP contribution in [0.5, 0.6) is 0 Å². The second-order valence-electron chi connectivity index (χ2n) is 15.4. The molecule has 0 aliphatic carbocycles. The molecule has 0 spiro atoms. The molecule has 3 heterocycles. The summed E-state index contributed by atoms with van der Waals surface area (Å²) in [6.45, 7) is 0. The van der Waals surface area contributed by atoms with Crippen molar-refractivity contribution in [3.05, 3.63) is 199 Å².